The molecule has 5 heteroatoms. The van der Waals surface area contributed by atoms with E-state index in [1.54, 1.807) is 4.90 Å². The van der Waals surface area contributed by atoms with E-state index >= 15 is 0 Å². The van der Waals surface area contributed by atoms with Crippen molar-refractivity contribution in [2.24, 2.45) is 17.8 Å². The van der Waals surface area contributed by atoms with Crippen LogP contribution in [0, 0.1) is 17.8 Å². The van der Waals surface area contributed by atoms with Gasteiger partial charge in [0.25, 0.3) is 0 Å². The van der Waals surface area contributed by atoms with Gasteiger partial charge in [-0.1, -0.05) is 6.92 Å². The highest BCUT2D eigenvalue weighted by Gasteiger charge is 2.51. The topological polar surface area (TPSA) is 77.8 Å². The van der Waals surface area contributed by atoms with Crippen LogP contribution in [0.25, 0.3) is 0 Å². The van der Waals surface area contributed by atoms with Crippen molar-refractivity contribution in [1.82, 2.24) is 4.90 Å². The molecule has 1 heterocycles. The third-order valence-electron chi connectivity index (χ3n) is 3.78. The van der Waals surface area contributed by atoms with Crippen LogP contribution in [0.4, 0.5) is 0 Å². The van der Waals surface area contributed by atoms with Crippen LogP contribution >= 0.6 is 0 Å². The van der Waals surface area contributed by atoms with Crippen molar-refractivity contribution >= 4 is 11.9 Å². The molecule has 0 aromatic heterocycles. The summed E-state index contributed by atoms with van der Waals surface area (Å²) in [6.07, 6.45) is 1.35. The Kier molecular flexibility index (Phi) is 2.88. The molecule has 2 rings (SSSR count). The van der Waals surface area contributed by atoms with Gasteiger partial charge in [0.2, 0.25) is 5.91 Å². The van der Waals surface area contributed by atoms with Crippen LogP contribution in [0.3, 0.4) is 0 Å². The fraction of sp³-hybridized carbons (Fsp3) is 0.818. The number of carbonyl (C=O) groups is 2. The van der Waals surface area contributed by atoms with Crippen LogP contribution in [-0.2, 0) is 9.59 Å². The molecule has 1 saturated heterocycles. The standard InChI is InChI=1S/C11H17NO4/c1-6-2-3-12(9(6)5-13)10(14)7-4-8(7)11(15)16/h6-9,13H,2-5H2,1H3,(H,15,16). The number of likely N-dealkylation sites (tertiary alicyclic amines) is 1. The van der Waals surface area contributed by atoms with E-state index in [9.17, 15) is 14.7 Å². The zero-order valence-electron chi connectivity index (χ0n) is 9.30. The Hall–Kier alpha value is -1.10. The number of hydrogen-bond donors (Lipinski definition) is 2. The van der Waals surface area contributed by atoms with Gasteiger partial charge in [0.1, 0.15) is 0 Å². The van der Waals surface area contributed by atoms with Gasteiger partial charge < -0.3 is 15.1 Å². The van der Waals surface area contributed by atoms with Crippen LogP contribution in [0.5, 0.6) is 0 Å². The van der Waals surface area contributed by atoms with Gasteiger partial charge >= 0.3 is 5.97 Å². The third-order valence-corrected chi connectivity index (χ3v) is 3.78. The Morgan fingerprint density at radius 1 is 1.38 bits per heavy atom. The second kappa shape index (κ2) is 4.05. The number of amides is 1. The molecule has 0 spiro atoms. The summed E-state index contributed by atoms with van der Waals surface area (Å²) in [5.74, 6) is -1.52. The monoisotopic (exact) mass is 227 g/mol. The Bertz CT molecular complexity index is 317. The number of carboxylic acids is 1. The predicted octanol–water partition coefficient (Wildman–Crippen LogP) is -0.0636. The predicted molar refractivity (Wildman–Crippen MR) is 55.6 cm³/mol. The largest absolute Gasteiger partial charge is 0.481 e. The summed E-state index contributed by atoms with van der Waals surface area (Å²) < 4.78 is 0. The number of aliphatic carboxylic acids is 1. The van der Waals surface area contributed by atoms with Gasteiger partial charge in [-0.05, 0) is 18.8 Å². The second-order valence-corrected chi connectivity index (χ2v) is 4.83. The van der Waals surface area contributed by atoms with Crippen molar-refractivity contribution < 1.29 is 19.8 Å². The molecule has 0 aromatic carbocycles. The average molecular weight is 227 g/mol. The minimum Gasteiger partial charge on any atom is -0.481 e. The number of hydrogen-bond acceptors (Lipinski definition) is 3. The molecule has 90 valence electrons. The van der Waals surface area contributed by atoms with Crippen LogP contribution < -0.4 is 0 Å². The maximum absolute atomic E-state index is 12.0. The number of rotatable bonds is 3. The van der Waals surface area contributed by atoms with Crippen molar-refractivity contribution in [2.45, 2.75) is 25.8 Å². The quantitative estimate of drug-likeness (QED) is 0.708. The lowest BCUT2D eigenvalue weighted by molar-refractivity contribution is -0.142. The molecular weight excluding hydrogens is 210 g/mol. The van der Waals surface area contributed by atoms with Gasteiger partial charge in [-0.15, -0.1) is 0 Å². The minimum atomic E-state index is -0.883. The number of aliphatic hydroxyl groups excluding tert-OH is 1. The van der Waals surface area contributed by atoms with Gasteiger partial charge in [0, 0.05) is 6.54 Å². The first-order chi connectivity index (χ1) is 7.56. The van der Waals surface area contributed by atoms with Crippen LogP contribution in [0.2, 0.25) is 0 Å². The van der Waals surface area contributed by atoms with Gasteiger partial charge in [-0.25, -0.2) is 0 Å². The van der Waals surface area contributed by atoms with E-state index in [1.165, 1.54) is 0 Å². The Labute approximate surface area is 94.0 Å². The molecule has 5 nitrogen and oxygen atoms in total. The SMILES string of the molecule is CC1CCN(C(=O)C2CC2C(=O)O)C1CO. The highest BCUT2D eigenvalue weighted by atomic mass is 16.4. The lowest BCUT2D eigenvalue weighted by atomic mass is 10.0. The molecule has 2 N–H and O–H groups in total. The molecule has 16 heavy (non-hydrogen) atoms. The molecule has 4 unspecified atom stereocenters. The number of carbonyl (C=O) groups excluding carboxylic acids is 1. The summed E-state index contributed by atoms with van der Waals surface area (Å²) in [6.45, 7) is 2.63. The summed E-state index contributed by atoms with van der Waals surface area (Å²) in [5.41, 5.74) is 0. The first kappa shape index (κ1) is 11.4. The molecule has 1 aliphatic heterocycles. The first-order valence-corrected chi connectivity index (χ1v) is 5.70. The van der Waals surface area contributed by atoms with E-state index < -0.39 is 11.9 Å². The summed E-state index contributed by atoms with van der Waals surface area (Å²) in [4.78, 5) is 24.3. The summed E-state index contributed by atoms with van der Waals surface area (Å²) in [6, 6.07) is -0.123. The fourth-order valence-electron chi connectivity index (χ4n) is 2.51. The summed E-state index contributed by atoms with van der Waals surface area (Å²) >= 11 is 0. The molecule has 2 aliphatic rings. The summed E-state index contributed by atoms with van der Waals surface area (Å²) in [7, 11) is 0. The molecular formula is C11H17NO4. The molecule has 0 bridgehead atoms. The zero-order valence-corrected chi connectivity index (χ0v) is 9.30. The third kappa shape index (κ3) is 1.80. The van der Waals surface area contributed by atoms with Crippen LogP contribution in [0.15, 0.2) is 0 Å². The van der Waals surface area contributed by atoms with Crippen molar-refractivity contribution in [3.63, 3.8) is 0 Å². The lowest BCUT2D eigenvalue weighted by Crippen LogP contribution is -2.41. The van der Waals surface area contributed by atoms with Gasteiger partial charge in [-0.3, -0.25) is 9.59 Å². The molecule has 1 saturated carbocycles. The average Bonchev–Trinajstić information content (AvgIpc) is 2.95. The van der Waals surface area contributed by atoms with Crippen LogP contribution in [-0.4, -0.2) is 46.2 Å². The van der Waals surface area contributed by atoms with Gasteiger partial charge in [0.05, 0.1) is 24.5 Å². The Morgan fingerprint density at radius 2 is 2.06 bits per heavy atom. The maximum Gasteiger partial charge on any atom is 0.307 e. The van der Waals surface area contributed by atoms with E-state index in [1.807, 2.05) is 6.92 Å². The van der Waals surface area contributed by atoms with Gasteiger partial charge in [0.15, 0.2) is 0 Å². The number of nitrogens with zero attached hydrogens (tertiary/aromatic N) is 1. The molecule has 2 fully saturated rings. The van der Waals surface area contributed by atoms with Crippen LogP contribution in [0.1, 0.15) is 19.8 Å². The van der Waals surface area contributed by atoms with E-state index in [2.05, 4.69) is 0 Å². The normalized spacial score (nSPS) is 37.5. The summed E-state index contributed by atoms with van der Waals surface area (Å²) in [5, 5.41) is 18.0. The van der Waals surface area contributed by atoms with E-state index in [0.29, 0.717) is 18.9 Å². The van der Waals surface area contributed by atoms with E-state index in [0.717, 1.165) is 6.42 Å². The van der Waals surface area contributed by atoms with Crippen molar-refractivity contribution in [3.8, 4) is 0 Å². The van der Waals surface area contributed by atoms with Gasteiger partial charge in [-0.2, -0.15) is 0 Å². The molecule has 4 atom stereocenters. The number of carboxylic acid groups (broad SMARTS) is 1. The van der Waals surface area contributed by atoms with E-state index in [-0.39, 0.29) is 24.5 Å². The fourth-order valence-corrected chi connectivity index (χ4v) is 2.51. The smallest absolute Gasteiger partial charge is 0.307 e. The first-order valence-electron chi connectivity index (χ1n) is 5.70. The highest BCUT2D eigenvalue weighted by molar-refractivity contribution is 5.89. The number of aliphatic hydroxyl groups is 1. The lowest BCUT2D eigenvalue weighted by Gasteiger charge is -2.25. The molecule has 0 radical (unpaired) electrons. The second-order valence-electron chi connectivity index (χ2n) is 4.83. The highest BCUT2D eigenvalue weighted by Crippen LogP contribution is 2.41. The van der Waals surface area contributed by atoms with E-state index in [4.69, 9.17) is 5.11 Å². The molecule has 1 amide bonds. The maximum atomic E-state index is 12.0. The van der Waals surface area contributed by atoms with Crippen molar-refractivity contribution in [2.75, 3.05) is 13.2 Å². The van der Waals surface area contributed by atoms with Crippen molar-refractivity contribution in [1.29, 1.82) is 0 Å². The molecule has 1 aliphatic carbocycles. The minimum absolute atomic E-state index is 0.0304. The van der Waals surface area contributed by atoms with Crippen molar-refractivity contribution in [3.05, 3.63) is 0 Å². The zero-order chi connectivity index (χ0) is 11.9. The Balaban J connectivity index is 1.98. The Morgan fingerprint density at radius 3 is 2.56 bits per heavy atom. The molecule has 0 aromatic rings.